The van der Waals surface area contributed by atoms with Gasteiger partial charge in [0.15, 0.2) is 0 Å². The van der Waals surface area contributed by atoms with Crippen molar-refractivity contribution in [2.24, 2.45) is 0 Å². The third-order valence-corrected chi connectivity index (χ3v) is 3.85. The molecule has 20 heavy (non-hydrogen) atoms. The van der Waals surface area contributed by atoms with Crippen molar-refractivity contribution in [2.75, 3.05) is 13.7 Å². The van der Waals surface area contributed by atoms with E-state index in [1.54, 1.807) is 6.07 Å². The first-order chi connectivity index (χ1) is 9.41. The van der Waals surface area contributed by atoms with Crippen LogP contribution in [0.1, 0.15) is 45.2 Å². The van der Waals surface area contributed by atoms with Gasteiger partial charge < -0.3 is 14.8 Å². The minimum absolute atomic E-state index is 0.0724. The molecule has 0 spiro atoms. The van der Waals surface area contributed by atoms with E-state index in [9.17, 15) is 4.39 Å². The van der Waals surface area contributed by atoms with Crippen molar-refractivity contribution in [1.82, 2.24) is 5.32 Å². The Bertz CT molecular complexity index is 462. The summed E-state index contributed by atoms with van der Waals surface area (Å²) in [5.41, 5.74) is 0.892. The highest BCUT2D eigenvalue weighted by Gasteiger charge is 2.32. The van der Waals surface area contributed by atoms with E-state index in [0.717, 1.165) is 18.4 Å². The lowest BCUT2D eigenvalue weighted by molar-refractivity contribution is -0.0328. The van der Waals surface area contributed by atoms with Crippen LogP contribution >= 0.6 is 0 Å². The first-order valence-electron chi connectivity index (χ1n) is 7.18. The molecule has 1 aliphatic rings. The van der Waals surface area contributed by atoms with Gasteiger partial charge in [0, 0.05) is 17.7 Å². The molecule has 1 N–H and O–H groups in total. The van der Waals surface area contributed by atoms with E-state index in [2.05, 4.69) is 19.2 Å². The highest BCUT2D eigenvalue weighted by Crippen LogP contribution is 2.31. The fourth-order valence-electron chi connectivity index (χ4n) is 2.52. The summed E-state index contributed by atoms with van der Waals surface area (Å²) in [5.74, 6) is 0.319. The highest BCUT2D eigenvalue weighted by molar-refractivity contribution is 5.36. The average Bonchev–Trinajstić information content (AvgIpc) is 2.75. The van der Waals surface area contributed by atoms with E-state index >= 15 is 0 Å². The van der Waals surface area contributed by atoms with Gasteiger partial charge in [0.1, 0.15) is 18.2 Å². The summed E-state index contributed by atoms with van der Waals surface area (Å²) in [6.07, 6.45) is 2.11. The second kappa shape index (κ2) is 6.10. The van der Waals surface area contributed by atoms with E-state index in [4.69, 9.17) is 9.47 Å². The van der Waals surface area contributed by atoms with E-state index < -0.39 is 0 Å². The van der Waals surface area contributed by atoms with Crippen molar-refractivity contribution >= 4 is 0 Å². The number of rotatable bonds is 5. The number of halogens is 1. The molecular formula is C16H24FNO2. The van der Waals surface area contributed by atoms with Crippen LogP contribution in [0, 0.1) is 5.82 Å². The molecule has 1 aromatic carbocycles. The molecule has 112 valence electrons. The van der Waals surface area contributed by atoms with Crippen molar-refractivity contribution in [3.8, 4) is 5.75 Å². The molecule has 0 amide bonds. The van der Waals surface area contributed by atoms with E-state index in [0.29, 0.717) is 12.4 Å². The van der Waals surface area contributed by atoms with Gasteiger partial charge >= 0.3 is 0 Å². The summed E-state index contributed by atoms with van der Waals surface area (Å²) in [6, 6.07) is 4.80. The molecule has 1 saturated heterocycles. The zero-order valence-corrected chi connectivity index (χ0v) is 12.7. The molecule has 0 radical (unpaired) electrons. The average molecular weight is 281 g/mol. The number of benzene rings is 1. The van der Waals surface area contributed by atoms with Crippen molar-refractivity contribution in [3.05, 3.63) is 29.6 Å². The summed E-state index contributed by atoms with van der Waals surface area (Å²) in [4.78, 5) is 0. The molecule has 1 heterocycles. The van der Waals surface area contributed by atoms with Crippen LogP contribution in [0.3, 0.4) is 0 Å². The van der Waals surface area contributed by atoms with Crippen molar-refractivity contribution in [3.63, 3.8) is 0 Å². The van der Waals surface area contributed by atoms with Gasteiger partial charge in [-0.15, -0.1) is 0 Å². The van der Waals surface area contributed by atoms with Crippen LogP contribution in [0.15, 0.2) is 18.2 Å². The lowest BCUT2D eigenvalue weighted by atomic mass is 10.1. The minimum Gasteiger partial charge on any atom is -0.490 e. The largest absolute Gasteiger partial charge is 0.490 e. The number of hydrogen-bond acceptors (Lipinski definition) is 3. The monoisotopic (exact) mass is 281 g/mol. The quantitative estimate of drug-likeness (QED) is 0.896. The lowest BCUT2D eigenvalue weighted by Gasteiger charge is -2.21. The van der Waals surface area contributed by atoms with Gasteiger partial charge in [-0.05, 0) is 46.7 Å². The third-order valence-electron chi connectivity index (χ3n) is 3.85. The molecule has 0 bridgehead atoms. The summed E-state index contributed by atoms with van der Waals surface area (Å²) in [7, 11) is 1.88. The molecule has 0 saturated carbocycles. The Kier molecular flexibility index (Phi) is 4.66. The van der Waals surface area contributed by atoms with Crippen molar-refractivity contribution < 1.29 is 13.9 Å². The maximum Gasteiger partial charge on any atom is 0.127 e. The molecule has 4 heteroatoms. The van der Waals surface area contributed by atoms with Gasteiger partial charge in [-0.2, -0.15) is 0 Å². The molecule has 2 rings (SSSR count). The summed E-state index contributed by atoms with van der Waals surface area (Å²) >= 11 is 0. The fraction of sp³-hybridized carbons (Fsp3) is 0.625. The van der Waals surface area contributed by atoms with Crippen molar-refractivity contribution in [1.29, 1.82) is 0 Å². The van der Waals surface area contributed by atoms with Crippen LogP contribution in [-0.4, -0.2) is 25.4 Å². The summed E-state index contributed by atoms with van der Waals surface area (Å²) < 4.78 is 25.1. The predicted octanol–water partition coefficient (Wildman–Crippen LogP) is 3.44. The Morgan fingerprint density at radius 3 is 2.85 bits per heavy atom. The van der Waals surface area contributed by atoms with E-state index in [1.165, 1.54) is 12.1 Å². The van der Waals surface area contributed by atoms with Gasteiger partial charge in [0.2, 0.25) is 0 Å². The van der Waals surface area contributed by atoms with Crippen molar-refractivity contribution in [2.45, 2.75) is 51.4 Å². The van der Waals surface area contributed by atoms with E-state index in [1.807, 2.05) is 14.0 Å². The van der Waals surface area contributed by atoms with Crippen LogP contribution in [0.2, 0.25) is 0 Å². The first-order valence-corrected chi connectivity index (χ1v) is 7.18. The standard InChI is InChI=1S/C16H24FNO2/c1-11(18-4)14-6-5-12(17)9-15(14)19-10-13-7-8-16(2,3)20-13/h5-6,9,11,13,18H,7-8,10H2,1-4H3. The molecule has 3 nitrogen and oxygen atoms in total. The Morgan fingerprint density at radius 2 is 2.25 bits per heavy atom. The maximum atomic E-state index is 13.4. The van der Waals surface area contributed by atoms with Gasteiger partial charge in [-0.3, -0.25) is 0 Å². The van der Waals surface area contributed by atoms with Crippen LogP contribution in [0.25, 0.3) is 0 Å². The second-order valence-corrected chi connectivity index (χ2v) is 6.04. The molecule has 1 fully saturated rings. The van der Waals surface area contributed by atoms with Crippen LogP contribution in [-0.2, 0) is 4.74 Å². The molecular weight excluding hydrogens is 257 g/mol. The molecule has 0 aromatic heterocycles. The molecule has 2 unspecified atom stereocenters. The number of nitrogens with one attached hydrogen (secondary N) is 1. The minimum atomic E-state index is -0.278. The van der Waals surface area contributed by atoms with Crippen LogP contribution in [0.4, 0.5) is 4.39 Å². The zero-order valence-electron chi connectivity index (χ0n) is 12.7. The topological polar surface area (TPSA) is 30.5 Å². The Morgan fingerprint density at radius 1 is 1.50 bits per heavy atom. The SMILES string of the molecule is CNC(C)c1ccc(F)cc1OCC1CCC(C)(C)O1. The van der Waals surface area contributed by atoms with Crippen LogP contribution in [0.5, 0.6) is 5.75 Å². The fourth-order valence-corrected chi connectivity index (χ4v) is 2.52. The maximum absolute atomic E-state index is 13.4. The normalized spacial score (nSPS) is 22.8. The van der Waals surface area contributed by atoms with Gasteiger partial charge in [0.25, 0.3) is 0 Å². The zero-order chi connectivity index (χ0) is 14.8. The molecule has 1 aromatic rings. The summed E-state index contributed by atoms with van der Waals surface area (Å²) in [5, 5.41) is 3.15. The second-order valence-electron chi connectivity index (χ2n) is 6.04. The Balaban J connectivity index is 2.03. The van der Waals surface area contributed by atoms with Gasteiger partial charge in [-0.1, -0.05) is 6.07 Å². The highest BCUT2D eigenvalue weighted by atomic mass is 19.1. The van der Waals surface area contributed by atoms with Gasteiger partial charge in [-0.25, -0.2) is 4.39 Å². The lowest BCUT2D eigenvalue weighted by Crippen LogP contribution is -2.24. The molecule has 2 atom stereocenters. The third kappa shape index (κ3) is 3.70. The smallest absolute Gasteiger partial charge is 0.127 e. The molecule has 0 aliphatic carbocycles. The van der Waals surface area contributed by atoms with Crippen LogP contribution < -0.4 is 10.1 Å². The Labute approximate surface area is 120 Å². The first kappa shape index (κ1) is 15.3. The number of hydrogen-bond donors (Lipinski definition) is 1. The predicted molar refractivity (Wildman–Crippen MR) is 77.6 cm³/mol. The van der Waals surface area contributed by atoms with E-state index in [-0.39, 0.29) is 23.6 Å². The number of ether oxygens (including phenoxy) is 2. The summed E-state index contributed by atoms with van der Waals surface area (Å²) in [6.45, 7) is 6.67. The van der Waals surface area contributed by atoms with Gasteiger partial charge in [0.05, 0.1) is 11.7 Å². The Hall–Kier alpha value is -1.13. The molecule has 1 aliphatic heterocycles.